The molecular weight excluding hydrogens is 366 g/mol. The summed E-state index contributed by atoms with van der Waals surface area (Å²) in [6, 6.07) is 3.77. The molecule has 0 bridgehead atoms. The van der Waals surface area contributed by atoms with Gasteiger partial charge in [0.05, 0.1) is 26.0 Å². The molecule has 9 heteroatoms. The number of methoxy groups -OCH3 is 2. The number of amides is 1. The Hall–Kier alpha value is -2.81. The predicted octanol–water partition coefficient (Wildman–Crippen LogP) is 2.01. The maximum absolute atomic E-state index is 12.6. The quantitative estimate of drug-likeness (QED) is 0.682. The number of nitrogens with zero attached hydrogens (tertiary/aromatic N) is 5. The molecule has 0 radical (unpaired) electrons. The van der Waals surface area contributed by atoms with E-state index >= 15 is 0 Å². The highest BCUT2D eigenvalue weighted by Crippen LogP contribution is 2.40. The Balaban J connectivity index is 1.52. The molecule has 0 aliphatic carbocycles. The minimum Gasteiger partial charge on any atom is -0.495 e. The van der Waals surface area contributed by atoms with Crippen LogP contribution in [0.1, 0.15) is 10.4 Å². The molecule has 27 heavy (non-hydrogen) atoms. The summed E-state index contributed by atoms with van der Waals surface area (Å²) in [5.74, 6) is 1.55. The first kappa shape index (κ1) is 17.6. The van der Waals surface area contributed by atoms with Crippen LogP contribution in [0.5, 0.6) is 11.5 Å². The van der Waals surface area contributed by atoms with E-state index in [9.17, 15) is 4.79 Å². The SMILES string of the molecule is COc1ccc(OC)c2sc(N3CCN(C(=O)c4cnn(C)c4)CC3)nc12. The van der Waals surface area contributed by atoms with Gasteiger partial charge in [-0.3, -0.25) is 9.48 Å². The monoisotopic (exact) mass is 387 g/mol. The Bertz CT molecular complexity index is 934. The summed E-state index contributed by atoms with van der Waals surface area (Å²) < 4.78 is 13.5. The van der Waals surface area contributed by atoms with Crippen LogP contribution in [0.4, 0.5) is 5.13 Å². The Morgan fingerprint density at radius 2 is 1.81 bits per heavy atom. The average Bonchev–Trinajstić information content (AvgIpc) is 3.33. The Morgan fingerprint density at radius 3 is 2.44 bits per heavy atom. The first-order chi connectivity index (χ1) is 13.1. The number of ether oxygens (including phenoxy) is 2. The van der Waals surface area contributed by atoms with Crippen molar-refractivity contribution in [2.45, 2.75) is 0 Å². The number of hydrogen-bond donors (Lipinski definition) is 0. The zero-order valence-corrected chi connectivity index (χ0v) is 16.3. The van der Waals surface area contributed by atoms with Gasteiger partial charge in [0.15, 0.2) is 5.13 Å². The molecule has 1 aliphatic heterocycles. The Kier molecular flexibility index (Phi) is 4.61. The second kappa shape index (κ2) is 7.07. The fourth-order valence-corrected chi connectivity index (χ4v) is 4.35. The molecule has 1 aliphatic rings. The van der Waals surface area contributed by atoms with E-state index in [1.165, 1.54) is 0 Å². The van der Waals surface area contributed by atoms with Gasteiger partial charge in [0.2, 0.25) is 0 Å². The van der Waals surface area contributed by atoms with Gasteiger partial charge in [0.25, 0.3) is 5.91 Å². The lowest BCUT2D eigenvalue weighted by Gasteiger charge is -2.34. The summed E-state index contributed by atoms with van der Waals surface area (Å²) in [5, 5.41) is 5.00. The number of carbonyl (C=O) groups is 1. The zero-order valence-electron chi connectivity index (χ0n) is 15.5. The molecule has 1 amide bonds. The summed E-state index contributed by atoms with van der Waals surface area (Å²) in [6.07, 6.45) is 3.36. The van der Waals surface area contributed by atoms with Gasteiger partial charge in [-0.15, -0.1) is 0 Å². The Morgan fingerprint density at radius 1 is 1.11 bits per heavy atom. The van der Waals surface area contributed by atoms with Gasteiger partial charge in [-0.25, -0.2) is 4.98 Å². The second-order valence-electron chi connectivity index (χ2n) is 6.33. The number of aryl methyl sites for hydroxylation is 1. The summed E-state index contributed by atoms with van der Waals surface area (Å²) in [5.41, 5.74) is 1.44. The highest BCUT2D eigenvalue weighted by Gasteiger charge is 2.25. The lowest BCUT2D eigenvalue weighted by molar-refractivity contribution is 0.0746. The molecule has 0 saturated carbocycles. The lowest BCUT2D eigenvalue weighted by Crippen LogP contribution is -2.48. The molecule has 0 atom stereocenters. The van der Waals surface area contributed by atoms with Crippen LogP contribution in [0.2, 0.25) is 0 Å². The van der Waals surface area contributed by atoms with Gasteiger partial charge < -0.3 is 19.3 Å². The summed E-state index contributed by atoms with van der Waals surface area (Å²) >= 11 is 1.59. The van der Waals surface area contributed by atoms with E-state index in [0.717, 1.165) is 39.9 Å². The van der Waals surface area contributed by atoms with Crippen LogP contribution in [-0.2, 0) is 7.05 Å². The molecule has 142 valence electrons. The summed E-state index contributed by atoms with van der Waals surface area (Å²) in [6.45, 7) is 2.77. The number of rotatable bonds is 4. The third-order valence-corrected chi connectivity index (χ3v) is 5.82. The standard InChI is InChI=1S/C18H21N5O3S/c1-21-11-12(10-19-21)17(24)22-6-8-23(9-7-22)18-20-15-13(25-2)4-5-14(26-3)16(15)27-18/h4-5,10-11H,6-9H2,1-3H3. The first-order valence-electron chi connectivity index (χ1n) is 8.65. The van der Waals surface area contributed by atoms with E-state index in [4.69, 9.17) is 14.5 Å². The smallest absolute Gasteiger partial charge is 0.257 e. The first-order valence-corrected chi connectivity index (χ1v) is 9.46. The molecule has 3 aromatic rings. The third kappa shape index (κ3) is 3.18. The van der Waals surface area contributed by atoms with Gasteiger partial charge in [-0.05, 0) is 12.1 Å². The third-order valence-electron chi connectivity index (χ3n) is 4.69. The fraction of sp³-hybridized carbons (Fsp3) is 0.389. The lowest BCUT2D eigenvalue weighted by atomic mass is 10.2. The number of hydrogen-bond acceptors (Lipinski definition) is 7. The van der Waals surface area contributed by atoms with Gasteiger partial charge in [-0.1, -0.05) is 11.3 Å². The van der Waals surface area contributed by atoms with E-state index in [-0.39, 0.29) is 5.91 Å². The maximum atomic E-state index is 12.6. The molecule has 1 aromatic carbocycles. The van der Waals surface area contributed by atoms with Crippen molar-refractivity contribution in [1.29, 1.82) is 0 Å². The number of thiazole rings is 1. The number of piperazine rings is 1. The second-order valence-corrected chi connectivity index (χ2v) is 7.30. The molecule has 0 unspecified atom stereocenters. The molecule has 0 spiro atoms. The van der Waals surface area contributed by atoms with Crippen LogP contribution in [0.25, 0.3) is 10.2 Å². The highest BCUT2D eigenvalue weighted by atomic mass is 32.1. The topological polar surface area (TPSA) is 72.7 Å². The van der Waals surface area contributed by atoms with Crippen molar-refractivity contribution < 1.29 is 14.3 Å². The van der Waals surface area contributed by atoms with Crippen LogP contribution >= 0.6 is 11.3 Å². The molecule has 3 heterocycles. The number of anilines is 1. The van der Waals surface area contributed by atoms with Gasteiger partial charge in [0.1, 0.15) is 21.7 Å². The van der Waals surface area contributed by atoms with Gasteiger partial charge >= 0.3 is 0 Å². The van der Waals surface area contributed by atoms with Crippen molar-refractivity contribution in [1.82, 2.24) is 19.7 Å². The molecule has 2 aromatic heterocycles. The molecule has 1 saturated heterocycles. The van der Waals surface area contributed by atoms with Crippen LogP contribution in [0, 0.1) is 0 Å². The normalized spacial score (nSPS) is 14.6. The zero-order chi connectivity index (χ0) is 19.0. The number of benzene rings is 1. The predicted molar refractivity (Wildman–Crippen MR) is 104 cm³/mol. The van der Waals surface area contributed by atoms with Gasteiger partial charge in [0, 0.05) is 39.4 Å². The van der Waals surface area contributed by atoms with E-state index in [1.54, 1.807) is 42.6 Å². The molecular formula is C18H21N5O3S. The van der Waals surface area contributed by atoms with Crippen LogP contribution in [-0.4, -0.2) is 66.0 Å². The van der Waals surface area contributed by atoms with Crippen molar-refractivity contribution in [3.8, 4) is 11.5 Å². The average molecular weight is 387 g/mol. The van der Waals surface area contributed by atoms with Crippen LogP contribution in [0.15, 0.2) is 24.5 Å². The van der Waals surface area contributed by atoms with E-state index < -0.39 is 0 Å². The van der Waals surface area contributed by atoms with Crippen molar-refractivity contribution in [3.05, 3.63) is 30.1 Å². The van der Waals surface area contributed by atoms with E-state index in [1.807, 2.05) is 24.1 Å². The molecule has 0 N–H and O–H groups in total. The highest BCUT2D eigenvalue weighted by molar-refractivity contribution is 7.22. The largest absolute Gasteiger partial charge is 0.495 e. The minimum atomic E-state index is 0.0235. The maximum Gasteiger partial charge on any atom is 0.257 e. The van der Waals surface area contributed by atoms with Crippen LogP contribution in [0.3, 0.4) is 0 Å². The van der Waals surface area contributed by atoms with Gasteiger partial charge in [-0.2, -0.15) is 5.10 Å². The number of aromatic nitrogens is 3. The number of carbonyl (C=O) groups excluding carboxylic acids is 1. The van der Waals surface area contributed by atoms with Crippen molar-refractivity contribution in [2.75, 3.05) is 45.3 Å². The van der Waals surface area contributed by atoms with Crippen LogP contribution < -0.4 is 14.4 Å². The molecule has 4 rings (SSSR count). The molecule has 8 nitrogen and oxygen atoms in total. The van der Waals surface area contributed by atoms with Crippen molar-refractivity contribution >= 4 is 32.6 Å². The van der Waals surface area contributed by atoms with E-state index in [0.29, 0.717) is 18.7 Å². The summed E-state index contributed by atoms with van der Waals surface area (Å²) in [7, 11) is 5.11. The van der Waals surface area contributed by atoms with E-state index in [2.05, 4.69) is 10.00 Å². The summed E-state index contributed by atoms with van der Waals surface area (Å²) in [4.78, 5) is 21.4. The fourth-order valence-electron chi connectivity index (χ4n) is 3.22. The minimum absolute atomic E-state index is 0.0235. The molecule has 1 fully saturated rings. The van der Waals surface area contributed by atoms with Crippen molar-refractivity contribution in [3.63, 3.8) is 0 Å². The Labute approximate surface area is 160 Å². The number of fused-ring (bicyclic) bond motifs is 1. The van der Waals surface area contributed by atoms with Crippen molar-refractivity contribution in [2.24, 2.45) is 7.05 Å².